The Morgan fingerprint density at radius 3 is 2.57 bits per heavy atom. The predicted octanol–water partition coefficient (Wildman–Crippen LogP) is 3.75. The Bertz CT molecular complexity index is 387. The maximum atomic E-state index is 11.7. The summed E-state index contributed by atoms with van der Waals surface area (Å²) < 4.78 is 1.05. The zero-order valence-corrected chi connectivity index (χ0v) is 10.8. The highest BCUT2D eigenvalue weighted by Crippen LogP contribution is 2.17. The van der Waals surface area contributed by atoms with Gasteiger partial charge in [0.15, 0.2) is 5.78 Å². The maximum Gasteiger partial charge on any atom is 0.186 e. The van der Waals surface area contributed by atoms with Gasteiger partial charge in [-0.1, -0.05) is 17.7 Å². The summed E-state index contributed by atoms with van der Waals surface area (Å²) in [6.45, 7) is 5.88. The van der Waals surface area contributed by atoms with Crippen LogP contribution in [0, 0.1) is 10.5 Å². The van der Waals surface area contributed by atoms with Crippen LogP contribution < -0.4 is 0 Å². The van der Waals surface area contributed by atoms with Gasteiger partial charge < -0.3 is 0 Å². The van der Waals surface area contributed by atoms with Crippen molar-refractivity contribution in [2.75, 3.05) is 0 Å². The Kier molecular flexibility index (Phi) is 3.86. The van der Waals surface area contributed by atoms with Gasteiger partial charge in [0.1, 0.15) is 0 Å². The number of rotatable bonds is 2. The van der Waals surface area contributed by atoms with Crippen molar-refractivity contribution in [1.29, 1.82) is 0 Å². The van der Waals surface area contributed by atoms with E-state index in [1.807, 2.05) is 39.0 Å². The van der Waals surface area contributed by atoms with Gasteiger partial charge in [-0.3, -0.25) is 4.79 Å². The van der Waals surface area contributed by atoms with Crippen molar-refractivity contribution in [2.24, 2.45) is 0 Å². The molecule has 0 amide bonds. The summed E-state index contributed by atoms with van der Waals surface area (Å²) in [7, 11) is 0. The number of carbonyl (C=O) groups is 1. The minimum Gasteiger partial charge on any atom is -0.289 e. The van der Waals surface area contributed by atoms with Crippen molar-refractivity contribution < 1.29 is 4.79 Å². The molecule has 0 saturated carbocycles. The van der Waals surface area contributed by atoms with E-state index in [4.69, 9.17) is 0 Å². The third-order valence-corrected chi connectivity index (χ3v) is 3.31. The highest BCUT2D eigenvalue weighted by molar-refractivity contribution is 14.1. The predicted molar refractivity (Wildman–Crippen MR) is 67.7 cm³/mol. The van der Waals surface area contributed by atoms with Crippen LogP contribution in [0.5, 0.6) is 0 Å². The van der Waals surface area contributed by atoms with E-state index in [9.17, 15) is 4.79 Å². The molecular weight excluding hydrogens is 287 g/mol. The van der Waals surface area contributed by atoms with E-state index >= 15 is 0 Å². The molecule has 0 aliphatic rings. The molecule has 2 heteroatoms. The first kappa shape index (κ1) is 11.4. The molecule has 0 aliphatic carbocycles. The number of hydrogen-bond donors (Lipinski definition) is 0. The fourth-order valence-corrected chi connectivity index (χ4v) is 1.80. The quantitative estimate of drug-likeness (QED) is 0.462. The Morgan fingerprint density at radius 1 is 1.36 bits per heavy atom. The van der Waals surface area contributed by atoms with E-state index in [0.29, 0.717) is 0 Å². The summed E-state index contributed by atoms with van der Waals surface area (Å²) in [5, 5.41) is 0. The van der Waals surface area contributed by atoms with Crippen LogP contribution in [0.4, 0.5) is 0 Å². The lowest BCUT2D eigenvalue weighted by molar-refractivity contribution is 0.104. The van der Waals surface area contributed by atoms with Gasteiger partial charge in [-0.15, -0.1) is 0 Å². The van der Waals surface area contributed by atoms with E-state index in [0.717, 1.165) is 20.3 Å². The van der Waals surface area contributed by atoms with Gasteiger partial charge >= 0.3 is 0 Å². The number of hydrogen-bond acceptors (Lipinski definition) is 1. The van der Waals surface area contributed by atoms with Crippen LogP contribution in [0.2, 0.25) is 0 Å². The van der Waals surface area contributed by atoms with E-state index < -0.39 is 0 Å². The third kappa shape index (κ3) is 2.67. The molecule has 0 aliphatic heterocycles. The minimum atomic E-state index is 0.0955. The Balaban J connectivity index is 3.14. The molecule has 74 valence electrons. The molecule has 0 fully saturated rings. The third-order valence-electron chi connectivity index (χ3n) is 1.88. The summed E-state index contributed by atoms with van der Waals surface area (Å²) in [4.78, 5) is 11.7. The van der Waals surface area contributed by atoms with Crippen LogP contribution in [0.1, 0.15) is 29.8 Å². The average Bonchev–Trinajstić information content (AvgIpc) is 2.08. The summed E-state index contributed by atoms with van der Waals surface area (Å²) >= 11 is 2.22. The smallest absolute Gasteiger partial charge is 0.186 e. The number of ketones is 1. The molecule has 0 N–H and O–H groups in total. The normalized spacial score (nSPS) is 9.71. The highest BCUT2D eigenvalue weighted by Gasteiger charge is 2.08. The van der Waals surface area contributed by atoms with Crippen molar-refractivity contribution in [3.8, 4) is 0 Å². The van der Waals surface area contributed by atoms with Gasteiger partial charge in [0.2, 0.25) is 0 Å². The maximum absolute atomic E-state index is 11.7. The standard InChI is InChI=1S/C12H13IO/c1-8(2)7-11(14)10-6-4-5-9(3)12(10)13/h4-7H,1-3H3. The molecule has 0 radical (unpaired) electrons. The molecule has 0 saturated heterocycles. The van der Waals surface area contributed by atoms with Gasteiger partial charge in [-0.25, -0.2) is 0 Å². The molecule has 0 heterocycles. The van der Waals surface area contributed by atoms with Crippen molar-refractivity contribution >= 4 is 28.4 Å². The van der Waals surface area contributed by atoms with Crippen molar-refractivity contribution in [1.82, 2.24) is 0 Å². The molecule has 0 spiro atoms. The summed E-state index contributed by atoms with van der Waals surface area (Å²) in [5.74, 6) is 0.0955. The van der Waals surface area contributed by atoms with E-state index in [1.165, 1.54) is 0 Å². The van der Waals surface area contributed by atoms with Crippen LogP contribution in [-0.4, -0.2) is 5.78 Å². The van der Waals surface area contributed by atoms with Crippen LogP contribution in [0.25, 0.3) is 0 Å². The molecule has 0 unspecified atom stereocenters. The zero-order chi connectivity index (χ0) is 10.7. The lowest BCUT2D eigenvalue weighted by Crippen LogP contribution is -1.99. The minimum absolute atomic E-state index is 0.0955. The Hall–Kier alpha value is -0.640. The Morgan fingerprint density at radius 2 is 2.00 bits per heavy atom. The van der Waals surface area contributed by atoms with Gasteiger partial charge in [-0.2, -0.15) is 0 Å². The van der Waals surface area contributed by atoms with Crippen molar-refractivity contribution in [3.05, 3.63) is 44.5 Å². The number of aryl methyl sites for hydroxylation is 1. The fourth-order valence-electron chi connectivity index (χ4n) is 1.18. The largest absolute Gasteiger partial charge is 0.289 e. The number of allylic oxidation sites excluding steroid dienone is 2. The molecule has 0 bridgehead atoms. The van der Waals surface area contributed by atoms with Crippen LogP contribution in [0.3, 0.4) is 0 Å². The monoisotopic (exact) mass is 300 g/mol. The summed E-state index contributed by atoms with van der Waals surface area (Å²) in [6, 6.07) is 5.81. The first-order chi connectivity index (χ1) is 6.52. The van der Waals surface area contributed by atoms with Gasteiger partial charge in [0, 0.05) is 9.13 Å². The molecule has 0 aromatic heterocycles. The second kappa shape index (κ2) is 4.73. The molecule has 1 nitrogen and oxygen atoms in total. The molecule has 14 heavy (non-hydrogen) atoms. The molecule has 1 rings (SSSR count). The Labute approximate surface area is 98.4 Å². The molecular formula is C12H13IO. The summed E-state index contributed by atoms with van der Waals surface area (Å²) in [5.41, 5.74) is 2.98. The lowest BCUT2D eigenvalue weighted by atomic mass is 10.1. The van der Waals surface area contributed by atoms with Gasteiger partial charge in [0.05, 0.1) is 0 Å². The lowest BCUT2D eigenvalue weighted by Gasteiger charge is -2.03. The van der Waals surface area contributed by atoms with E-state index in [1.54, 1.807) is 6.08 Å². The van der Waals surface area contributed by atoms with E-state index in [-0.39, 0.29) is 5.78 Å². The second-order valence-electron chi connectivity index (χ2n) is 3.52. The van der Waals surface area contributed by atoms with E-state index in [2.05, 4.69) is 22.6 Å². The first-order valence-corrected chi connectivity index (χ1v) is 5.54. The number of halogens is 1. The topological polar surface area (TPSA) is 17.1 Å². The van der Waals surface area contributed by atoms with Gasteiger partial charge in [-0.05, 0) is 61.1 Å². The zero-order valence-electron chi connectivity index (χ0n) is 8.60. The first-order valence-electron chi connectivity index (χ1n) is 4.46. The fraction of sp³-hybridized carbons (Fsp3) is 0.250. The van der Waals surface area contributed by atoms with Crippen LogP contribution in [-0.2, 0) is 0 Å². The van der Waals surface area contributed by atoms with Crippen LogP contribution >= 0.6 is 22.6 Å². The van der Waals surface area contributed by atoms with Crippen molar-refractivity contribution in [3.63, 3.8) is 0 Å². The second-order valence-corrected chi connectivity index (χ2v) is 4.60. The number of benzene rings is 1. The molecule has 1 aromatic carbocycles. The van der Waals surface area contributed by atoms with Gasteiger partial charge in [0.25, 0.3) is 0 Å². The number of carbonyl (C=O) groups excluding carboxylic acids is 1. The summed E-state index contributed by atoms with van der Waals surface area (Å²) in [6.07, 6.45) is 1.68. The highest BCUT2D eigenvalue weighted by atomic mass is 127. The average molecular weight is 300 g/mol. The molecule has 0 atom stereocenters. The molecule has 1 aromatic rings. The van der Waals surface area contributed by atoms with Crippen LogP contribution in [0.15, 0.2) is 29.8 Å². The van der Waals surface area contributed by atoms with Crippen molar-refractivity contribution in [2.45, 2.75) is 20.8 Å². The SMILES string of the molecule is CC(C)=CC(=O)c1cccc(C)c1I.